The summed E-state index contributed by atoms with van der Waals surface area (Å²) in [7, 11) is 0. The van der Waals surface area contributed by atoms with E-state index >= 15 is 0 Å². The smallest absolute Gasteiger partial charge is 0.250 e. The fourth-order valence-electron chi connectivity index (χ4n) is 4.17. The predicted molar refractivity (Wildman–Crippen MR) is 99.8 cm³/mol. The predicted octanol–water partition coefficient (Wildman–Crippen LogP) is 4.08. The van der Waals surface area contributed by atoms with E-state index in [1.165, 1.54) is 0 Å². The Morgan fingerprint density at radius 1 is 1.30 bits per heavy atom. The van der Waals surface area contributed by atoms with Crippen LogP contribution < -0.4 is 0 Å². The number of piperidine rings is 1. The molecule has 154 valence electrons. The second kappa shape index (κ2) is 7.76. The Hall–Kier alpha value is -1.05. The van der Waals surface area contributed by atoms with Gasteiger partial charge in [-0.05, 0) is 52.5 Å². The van der Waals surface area contributed by atoms with Gasteiger partial charge in [-0.25, -0.2) is 8.78 Å². The first-order valence-electron chi connectivity index (χ1n) is 10.1. The Kier molecular flexibility index (Phi) is 5.94. The number of ether oxygens (including phenoxy) is 1. The Morgan fingerprint density at radius 2 is 1.96 bits per heavy atom. The normalized spacial score (nSPS) is 25.8. The van der Waals surface area contributed by atoms with E-state index < -0.39 is 17.9 Å². The molecule has 2 aliphatic rings. The Labute approximate surface area is 160 Å². The molecule has 0 aromatic carbocycles. The molecule has 1 aliphatic heterocycles. The van der Waals surface area contributed by atoms with Gasteiger partial charge in [0.2, 0.25) is 12.3 Å². The molecule has 1 N–H and O–H groups in total. The highest BCUT2D eigenvalue weighted by atomic mass is 19.3. The number of likely N-dealkylation sites (tertiary alicyclic amines) is 1. The molecule has 2 heterocycles. The first kappa shape index (κ1) is 20.7. The van der Waals surface area contributed by atoms with Crippen LogP contribution in [0.3, 0.4) is 0 Å². The topological polar surface area (TPSA) is 50.5 Å². The van der Waals surface area contributed by atoms with E-state index in [9.17, 15) is 13.9 Å². The summed E-state index contributed by atoms with van der Waals surface area (Å²) in [4.78, 5) is 1.94. The fraction of sp³-hybridized carbons (Fsp3) is 0.850. The summed E-state index contributed by atoms with van der Waals surface area (Å²) < 4.78 is 35.0. The molecule has 7 heteroatoms. The Balaban J connectivity index is 1.68. The van der Waals surface area contributed by atoms with Crippen LogP contribution in [0.2, 0.25) is 0 Å². The van der Waals surface area contributed by atoms with Crippen LogP contribution >= 0.6 is 0 Å². The standard InChI is InChI=1S/C20H33F2N3O2/c1-5-15-12-17(25(23-15)16-6-9-20(21,22)13-16)14-7-10-24(11-8-14)18(26)27-19(2,3)4/h12,14,16,18,26H,5-11,13H2,1-4H3. The van der Waals surface area contributed by atoms with Gasteiger partial charge in [-0.3, -0.25) is 9.58 Å². The molecule has 2 atom stereocenters. The largest absolute Gasteiger partial charge is 0.356 e. The van der Waals surface area contributed by atoms with Gasteiger partial charge in [-0.15, -0.1) is 0 Å². The van der Waals surface area contributed by atoms with Crippen LogP contribution in [0.1, 0.15) is 83.1 Å². The number of alkyl halides is 2. The first-order chi connectivity index (χ1) is 12.6. The van der Waals surface area contributed by atoms with Crippen molar-refractivity contribution in [1.82, 2.24) is 14.7 Å². The van der Waals surface area contributed by atoms with E-state index in [0.717, 1.165) is 43.7 Å². The van der Waals surface area contributed by atoms with E-state index in [4.69, 9.17) is 4.74 Å². The monoisotopic (exact) mass is 385 g/mol. The van der Waals surface area contributed by atoms with Gasteiger partial charge in [-0.2, -0.15) is 5.10 Å². The molecule has 5 nitrogen and oxygen atoms in total. The number of nitrogens with zero attached hydrogens (tertiary/aromatic N) is 3. The van der Waals surface area contributed by atoms with Gasteiger partial charge < -0.3 is 9.84 Å². The van der Waals surface area contributed by atoms with E-state index in [2.05, 4.69) is 11.2 Å². The fourth-order valence-corrected chi connectivity index (χ4v) is 4.17. The molecule has 0 radical (unpaired) electrons. The van der Waals surface area contributed by atoms with Gasteiger partial charge in [0, 0.05) is 37.5 Å². The van der Waals surface area contributed by atoms with Gasteiger partial charge in [0.15, 0.2) is 0 Å². The van der Waals surface area contributed by atoms with Crippen molar-refractivity contribution in [3.05, 3.63) is 17.5 Å². The molecule has 0 amide bonds. The summed E-state index contributed by atoms with van der Waals surface area (Å²) in [5, 5.41) is 14.9. The van der Waals surface area contributed by atoms with Crippen LogP contribution in [-0.2, 0) is 11.2 Å². The lowest BCUT2D eigenvalue weighted by molar-refractivity contribution is -0.242. The Morgan fingerprint density at radius 3 is 2.48 bits per heavy atom. The zero-order valence-corrected chi connectivity index (χ0v) is 16.9. The lowest BCUT2D eigenvalue weighted by atomic mass is 9.93. The molecule has 2 unspecified atom stereocenters. The summed E-state index contributed by atoms with van der Waals surface area (Å²) in [6.07, 6.45) is 1.96. The van der Waals surface area contributed by atoms with Crippen molar-refractivity contribution < 1.29 is 18.6 Å². The molecule has 27 heavy (non-hydrogen) atoms. The highest BCUT2D eigenvalue weighted by molar-refractivity contribution is 5.17. The van der Waals surface area contributed by atoms with Gasteiger partial charge >= 0.3 is 0 Å². The number of hydrogen-bond donors (Lipinski definition) is 1. The molecule has 0 spiro atoms. The lowest BCUT2D eigenvalue weighted by Crippen LogP contribution is -2.45. The van der Waals surface area contributed by atoms with Gasteiger partial charge in [-0.1, -0.05) is 6.92 Å². The van der Waals surface area contributed by atoms with Gasteiger partial charge in [0.25, 0.3) is 0 Å². The van der Waals surface area contributed by atoms with Crippen molar-refractivity contribution in [2.45, 2.75) is 96.1 Å². The third-order valence-corrected chi connectivity index (χ3v) is 5.62. The maximum absolute atomic E-state index is 13.7. The van der Waals surface area contributed by atoms with Gasteiger partial charge in [0.1, 0.15) is 0 Å². The maximum Gasteiger partial charge on any atom is 0.250 e. The minimum absolute atomic E-state index is 0.0484. The summed E-state index contributed by atoms with van der Waals surface area (Å²) >= 11 is 0. The number of aromatic nitrogens is 2. The minimum Gasteiger partial charge on any atom is -0.356 e. The number of aliphatic hydroxyl groups excluding tert-OH is 1. The van der Waals surface area contributed by atoms with Crippen LogP contribution in [0.4, 0.5) is 8.78 Å². The van der Waals surface area contributed by atoms with E-state index in [0.29, 0.717) is 6.42 Å². The summed E-state index contributed by atoms with van der Waals surface area (Å²) in [5.41, 5.74) is 1.65. The van der Waals surface area contributed by atoms with E-state index in [1.54, 1.807) is 0 Å². The summed E-state index contributed by atoms with van der Waals surface area (Å²) in [5.74, 6) is -2.29. The molecule has 1 saturated carbocycles. The second-order valence-corrected chi connectivity index (χ2v) is 8.98. The SMILES string of the molecule is CCc1cc(C2CCN(C(O)OC(C)(C)C)CC2)n(C2CCC(F)(F)C2)n1. The number of halogens is 2. The number of aryl methyl sites for hydroxylation is 1. The first-order valence-corrected chi connectivity index (χ1v) is 10.1. The molecule has 1 aromatic rings. The summed E-state index contributed by atoms with van der Waals surface area (Å²) in [6, 6.07) is 1.89. The third kappa shape index (κ3) is 5.06. The van der Waals surface area contributed by atoms with Crippen LogP contribution in [0, 0.1) is 0 Å². The quantitative estimate of drug-likeness (QED) is 0.776. The van der Waals surface area contributed by atoms with Crippen LogP contribution in [-0.4, -0.2) is 50.8 Å². The second-order valence-electron chi connectivity index (χ2n) is 8.98. The van der Waals surface area contributed by atoms with Crippen molar-refractivity contribution >= 4 is 0 Å². The molecule has 1 aliphatic carbocycles. The molecule has 1 saturated heterocycles. The number of rotatable bonds is 5. The highest BCUT2D eigenvalue weighted by Gasteiger charge is 2.42. The highest BCUT2D eigenvalue weighted by Crippen LogP contribution is 2.43. The molecular weight excluding hydrogens is 352 g/mol. The number of aliphatic hydroxyl groups is 1. The maximum atomic E-state index is 13.7. The zero-order valence-electron chi connectivity index (χ0n) is 16.9. The summed E-state index contributed by atoms with van der Waals surface area (Å²) in [6.45, 7) is 9.24. The van der Waals surface area contributed by atoms with E-state index in [-0.39, 0.29) is 24.8 Å². The average Bonchev–Trinajstić information content (AvgIpc) is 3.16. The molecular formula is C20H33F2N3O2. The zero-order chi connectivity index (χ0) is 19.8. The van der Waals surface area contributed by atoms with Crippen molar-refractivity contribution in [2.75, 3.05) is 13.1 Å². The molecule has 2 fully saturated rings. The molecule has 0 bridgehead atoms. The van der Waals surface area contributed by atoms with Crippen LogP contribution in [0.5, 0.6) is 0 Å². The third-order valence-electron chi connectivity index (χ3n) is 5.62. The average molecular weight is 385 g/mol. The lowest BCUT2D eigenvalue weighted by Gasteiger charge is -2.37. The minimum atomic E-state index is -2.57. The van der Waals surface area contributed by atoms with Crippen molar-refractivity contribution in [3.63, 3.8) is 0 Å². The van der Waals surface area contributed by atoms with Crippen LogP contribution in [0.15, 0.2) is 6.07 Å². The van der Waals surface area contributed by atoms with Crippen molar-refractivity contribution in [2.24, 2.45) is 0 Å². The molecule has 1 aromatic heterocycles. The van der Waals surface area contributed by atoms with E-state index in [1.807, 2.05) is 37.3 Å². The van der Waals surface area contributed by atoms with Gasteiger partial charge in [0.05, 0.1) is 17.3 Å². The van der Waals surface area contributed by atoms with Crippen molar-refractivity contribution in [3.8, 4) is 0 Å². The van der Waals surface area contributed by atoms with Crippen molar-refractivity contribution in [1.29, 1.82) is 0 Å². The van der Waals surface area contributed by atoms with Crippen LogP contribution in [0.25, 0.3) is 0 Å². The number of hydrogen-bond acceptors (Lipinski definition) is 4. The molecule has 3 rings (SSSR count). The Bertz CT molecular complexity index is 634.